The second-order valence-electron chi connectivity index (χ2n) is 6.85. The summed E-state index contributed by atoms with van der Waals surface area (Å²) in [5, 5.41) is 8.88. The number of nitrogens with zero attached hydrogens (tertiary/aromatic N) is 1. The number of guanidine groups is 1. The summed E-state index contributed by atoms with van der Waals surface area (Å²) in [6.07, 6.45) is 5.55. The van der Waals surface area contributed by atoms with Crippen molar-refractivity contribution in [3.63, 3.8) is 0 Å². The molecule has 0 aromatic heterocycles. The van der Waals surface area contributed by atoms with E-state index in [0.717, 1.165) is 51.6 Å². The molecule has 1 atom stereocenters. The summed E-state index contributed by atoms with van der Waals surface area (Å²) in [5.74, 6) is 0.141. The van der Waals surface area contributed by atoms with Gasteiger partial charge in [0.1, 0.15) is 6.42 Å². The molecule has 9 N–H and O–H groups in total. The highest BCUT2D eigenvalue weighted by molar-refractivity contribution is 5.96. The van der Waals surface area contributed by atoms with Crippen molar-refractivity contribution < 1.29 is 9.59 Å². The van der Waals surface area contributed by atoms with Gasteiger partial charge >= 0.3 is 0 Å². The summed E-state index contributed by atoms with van der Waals surface area (Å²) in [7, 11) is 0. The second kappa shape index (κ2) is 17.5. The molecule has 0 heterocycles. The Hall–Kier alpha value is -1.87. The van der Waals surface area contributed by atoms with Gasteiger partial charge < -0.3 is 33.2 Å². The lowest BCUT2D eigenvalue weighted by Gasteiger charge is -2.10. The van der Waals surface area contributed by atoms with Crippen LogP contribution in [0.4, 0.5) is 0 Å². The molecule has 0 aromatic carbocycles. The van der Waals surface area contributed by atoms with E-state index in [4.69, 9.17) is 17.2 Å². The number of aliphatic imine (C=N–C) groups is 1. The number of nitrogens with one attached hydrogen (secondary N) is 3. The van der Waals surface area contributed by atoms with Crippen LogP contribution in [0.2, 0.25) is 0 Å². The van der Waals surface area contributed by atoms with Gasteiger partial charge in [-0.15, -0.1) is 0 Å². The van der Waals surface area contributed by atoms with Crippen LogP contribution in [0.25, 0.3) is 0 Å². The SMILES string of the molecule is CC(CN)CNCCCCNC(=O)CC(=O)NCCCCCCN=C(N)N. The normalized spacial score (nSPS) is 11.6. The predicted octanol–water partition coefficient (Wildman–Crippen LogP) is -0.593. The van der Waals surface area contributed by atoms with Crippen molar-refractivity contribution >= 4 is 17.8 Å². The summed E-state index contributed by atoms with van der Waals surface area (Å²) in [6.45, 7) is 6.43. The van der Waals surface area contributed by atoms with Crippen LogP contribution < -0.4 is 33.2 Å². The Labute approximate surface area is 163 Å². The number of hydrogen-bond donors (Lipinski definition) is 6. The third-order valence-electron chi connectivity index (χ3n) is 4.02. The molecule has 0 radical (unpaired) electrons. The van der Waals surface area contributed by atoms with E-state index in [1.807, 2.05) is 0 Å². The third-order valence-corrected chi connectivity index (χ3v) is 4.02. The Bertz CT molecular complexity index is 426. The molecule has 0 saturated heterocycles. The monoisotopic (exact) mass is 385 g/mol. The minimum absolute atomic E-state index is 0.114. The maximum atomic E-state index is 11.7. The van der Waals surface area contributed by atoms with E-state index in [2.05, 4.69) is 27.9 Å². The molecule has 0 fully saturated rings. The van der Waals surface area contributed by atoms with Crippen molar-refractivity contribution in [2.45, 2.75) is 51.9 Å². The smallest absolute Gasteiger partial charge is 0.229 e. The van der Waals surface area contributed by atoms with Crippen molar-refractivity contribution in [2.24, 2.45) is 28.1 Å². The Kier molecular flexibility index (Phi) is 16.3. The molecule has 0 spiro atoms. The fraction of sp³-hybridized carbons (Fsp3) is 0.833. The number of amides is 2. The van der Waals surface area contributed by atoms with E-state index in [1.54, 1.807) is 0 Å². The summed E-state index contributed by atoms with van der Waals surface area (Å²) in [4.78, 5) is 27.3. The molecular formula is C18H39N7O2. The summed E-state index contributed by atoms with van der Waals surface area (Å²) < 4.78 is 0. The maximum absolute atomic E-state index is 11.7. The lowest BCUT2D eigenvalue weighted by Crippen LogP contribution is -2.33. The summed E-state index contributed by atoms with van der Waals surface area (Å²) in [5.41, 5.74) is 16.0. The fourth-order valence-corrected chi connectivity index (χ4v) is 2.33. The maximum Gasteiger partial charge on any atom is 0.229 e. The number of carbonyl (C=O) groups excluding carboxylic acids is 2. The predicted molar refractivity (Wildman–Crippen MR) is 110 cm³/mol. The minimum Gasteiger partial charge on any atom is -0.370 e. The van der Waals surface area contributed by atoms with Gasteiger partial charge in [-0.3, -0.25) is 14.6 Å². The van der Waals surface area contributed by atoms with Gasteiger partial charge in [0.2, 0.25) is 11.8 Å². The van der Waals surface area contributed by atoms with Crippen molar-refractivity contribution in [2.75, 3.05) is 39.3 Å². The van der Waals surface area contributed by atoms with Crippen LogP contribution in [0, 0.1) is 5.92 Å². The van der Waals surface area contributed by atoms with Gasteiger partial charge in [-0.25, -0.2) is 0 Å². The number of carbonyl (C=O) groups is 2. The number of hydrogen-bond acceptors (Lipinski definition) is 5. The average Bonchev–Trinajstić information content (AvgIpc) is 2.62. The van der Waals surface area contributed by atoms with Gasteiger partial charge in [0.05, 0.1) is 0 Å². The minimum atomic E-state index is -0.231. The van der Waals surface area contributed by atoms with Gasteiger partial charge in [-0.2, -0.15) is 0 Å². The third kappa shape index (κ3) is 18.7. The fourth-order valence-electron chi connectivity index (χ4n) is 2.33. The molecule has 0 rings (SSSR count). The lowest BCUT2D eigenvalue weighted by molar-refractivity contribution is -0.129. The van der Waals surface area contributed by atoms with E-state index in [1.165, 1.54) is 0 Å². The van der Waals surface area contributed by atoms with E-state index in [0.29, 0.717) is 32.1 Å². The molecule has 0 saturated carbocycles. The Morgan fingerprint density at radius 1 is 0.889 bits per heavy atom. The molecule has 9 nitrogen and oxygen atoms in total. The first kappa shape index (κ1) is 25.1. The number of rotatable bonds is 17. The molecule has 1 unspecified atom stereocenters. The van der Waals surface area contributed by atoms with Gasteiger partial charge in [0, 0.05) is 19.6 Å². The quantitative estimate of drug-likeness (QED) is 0.0848. The zero-order valence-electron chi connectivity index (χ0n) is 16.8. The van der Waals surface area contributed by atoms with E-state index >= 15 is 0 Å². The van der Waals surface area contributed by atoms with Crippen LogP contribution in [-0.2, 0) is 9.59 Å². The molecular weight excluding hydrogens is 346 g/mol. The standard InChI is InChI=1S/C18H39N7O2/c1-15(13-19)14-22-8-6-7-10-24-17(27)12-16(26)23-9-4-2-3-5-11-25-18(20)21/h15,22H,2-14,19H2,1H3,(H,23,26)(H,24,27)(H4,20,21,25). The highest BCUT2D eigenvalue weighted by Gasteiger charge is 2.08. The van der Waals surface area contributed by atoms with Crippen molar-refractivity contribution in [1.82, 2.24) is 16.0 Å². The van der Waals surface area contributed by atoms with Crippen LogP contribution in [-0.4, -0.2) is 57.0 Å². The molecule has 0 aromatic rings. The number of nitrogens with two attached hydrogens (primary N) is 3. The van der Waals surface area contributed by atoms with Crippen LogP contribution in [0.5, 0.6) is 0 Å². The topological polar surface area (TPSA) is 161 Å². The van der Waals surface area contributed by atoms with Crippen molar-refractivity contribution in [1.29, 1.82) is 0 Å². The van der Waals surface area contributed by atoms with Crippen molar-refractivity contribution in [3.8, 4) is 0 Å². The van der Waals surface area contributed by atoms with Gasteiger partial charge in [-0.05, 0) is 51.2 Å². The zero-order chi connectivity index (χ0) is 20.3. The molecule has 2 amide bonds. The Balaban J connectivity index is 3.44. The van der Waals surface area contributed by atoms with Gasteiger partial charge in [0.15, 0.2) is 5.96 Å². The molecule has 27 heavy (non-hydrogen) atoms. The highest BCUT2D eigenvalue weighted by atomic mass is 16.2. The van der Waals surface area contributed by atoms with Crippen LogP contribution in [0.3, 0.4) is 0 Å². The summed E-state index contributed by atoms with van der Waals surface area (Å²) >= 11 is 0. The first-order chi connectivity index (χ1) is 13.0. The van der Waals surface area contributed by atoms with Crippen molar-refractivity contribution in [3.05, 3.63) is 0 Å². The van der Waals surface area contributed by atoms with Crippen LogP contribution in [0.1, 0.15) is 51.9 Å². The molecule has 0 aliphatic heterocycles. The Morgan fingerprint density at radius 3 is 2.04 bits per heavy atom. The van der Waals surface area contributed by atoms with E-state index in [9.17, 15) is 9.59 Å². The molecule has 0 aliphatic rings. The van der Waals surface area contributed by atoms with Crippen LogP contribution >= 0.6 is 0 Å². The highest BCUT2D eigenvalue weighted by Crippen LogP contribution is 1.99. The molecule has 158 valence electrons. The van der Waals surface area contributed by atoms with Crippen LogP contribution in [0.15, 0.2) is 4.99 Å². The largest absolute Gasteiger partial charge is 0.370 e. The number of unbranched alkanes of at least 4 members (excludes halogenated alkanes) is 4. The van der Waals surface area contributed by atoms with E-state index < -0.39 is 0 Å². The lowest BCUT2D eigenvalue weighted by atomic mass is 10.2. The molecule has 0 aliphatic carbocycles. The second-order valence-corrected chi connectivity index (χ2v) is 6.85. The first-order valence-electron chi connectivity index (χ1n) is 9.95. The first-order valence-corrected chi connectivity index (χ1v) is 9.95. The molecule has 0 bridgehead atoms. The van der Waals surface area contributed by atoms with Gasteiger partial charge in [0.25, 0.3) is 0 Å². The van der Waals surface area contributed by atoms with E-state index in [-0.39, 0.29) is 24.2 Å². The summed E-state index contributed by atoms with van der Waals surface area (Å²) in [6, 6.07) is 0. The molecule has 9 heteroatoms. The Morgan fingerprint density at radius 2 is 1.44 bits per heavy atom. The van der Waals surface area contributed by atoms with Gasteiger partial charge in [-0.1, -0.05) is 19.8 Å². The zero-order valence-corrected chi connectivity index (χ0v) is 16.8. The average molecular weight is 386 g/mol.